The standard InChI is InChI=1S/C94H172O21/c1-6-9-12-15-18-21-24-27-30-33-36-39-42-45-48-51-54-57-60-63-76(95)104-67-66-73-87(111-78(97)65-62-59-56-53-50-47-44-41-38-35-32-29-26-23-20-17-14-11-8-3)90(84(103)93(108-73)113-86-72-68-107-94(86)112-85(71(4)5)79(72)98)115-92-83(102)89-88(75(110-92)70-106-89)114-91-82(101)81(100)80(99)74(109-91)69-105-77(96)64-61-58-55-52-49-46-43-40-37-34-31-28-25-22-19-16-13-10-7-2/h71-75,79-94,98-103H,6-70H2,1-5H3. The van der Waals surface area contributed by atoms with E-state index in [0.29, 0.717) is 19.3 Å². The summed E-state index contributed by atoms with van der Waals surface area (Å²) < 4.78 is 74.9. The number of unbranched alkanes of at least 4 members (excludes halogenated alkanes) is 54. The highest BCUT2D eigenvalue weighted by atomic mass is 16.8. The number of aliphatic hydroxyl groups excluding tert-OH is 6. The zero-order valence-corrected chi connectivity index (χ0v) is 73.4. The van der Waals surface area contributed by atoms with Crippen molar-refractivity contribution in [1.29, 1.82) is 0 Å². The Labute approximate surface area is 697 Å². The van der Waals surface area contributed by atoms with Gasteiger partial charge in [0.15, 0.2) is 31.3 Å². The molecule has 6 aliphatic rings. The fourth-order valence-electron chi connectivity index (χ4n) is 17.9. The number of esters is 3. The van der Waals surface area contributed by atoms with Gasteiger partial charge < -0.3 is 87.5 Å². The third-order valence-electron chi connectivity index (χ3n) is 25.4. The van der Waals surface area contributed by atoms with Gasteiger partial charge in [0.05, 0.1) is 32.0 Å². The molecule has 674 valence electrons. The molecule has 0 amide bonds. The average Bonchev–Trinajstić information content (AvgIpc) is 1.64. The Bertz CT molecular complexity index is 2370. The largest absolute Gasteiger partial charge is 0.466 e. The first-order valence-electron chi connectivity index (χ1n) is 48.6. The van der Waals surface area contributed by atoms with Crippen molar-refractivity contribution in [2.75, 3.05) is 26.4 Å². The Morgan fingerprint density at radius 2 is 0.670 bits per heavy atom. The molecule has 115 heavy (non-hydrogen) atoms. The summed E-state index contributed by atoms with van der Waals surface area (Å²) in [5.41, 5.74) is 0. The third-order valence-corrected chi connectivity index (χ3v) is 25.4. The van der Waals surface area contributed by atoms with Gasteiger partial charge >= 0.3 is 17.9 Å². The molecule has 0 radical (unpaired) electrons. The average molecular weight is 1640 g/mol. The molecule has 20 unspecified atom stereocenters. The van der Waals surface area contributed by atoms with E-state index in [-0.39, 0.29) is 57.4 Å². The fraction of sp³-hybridized carbons (Fsp3) is 0.968. The van der Waals surface area contributed by atoms with Crippen molar-refractivity contribution >= 4 is 17.9 Å². The number of aliphatic hydroxyl groups is 6. The first-order chi connectivity index (χ1) is 56.2. The monoisotopic (exact) mass is 1640 g/mol. The van der Waals surface area contributed by atoms with Crippen LogP contribution in [0.1, 0.15) is 426 Å². The SMILES string of the molecule is CCCCCCCCCCCCCCCCCCCCCC(=O)OCCC1OC(OC2C3OCC2C(O)C(C(C)C)O3)C(O)C(OC2OC3COC(C2O)C3OC2OC(COC(=O)CCCCCCCCCCCCCCCCCCCCC)C(O)C(O)C2O)C1OC(=O)CCCCCCCCCCCCCCCCCCCCC. The van der Waals surface area contributed by atoms with Crippen molar-refractivity contribution in [2.24, 2.45) is 11.8 Å². The van der Waals surface area contributed by atoms with E-state index in [4.69, 9.17) is 56.8 Å². The Kier molecular flexibility index (Phi) is 56.3. The molecule has 4 bridgehead atoms. The highest BCUT2D eigenvalue weighted by Crippen LogP contribution is 2.42. The molecule has 21 nitrogen and oxygen atoms in total. The maximum Gasteiger partial charge on any atom is 0.306 e. The summed E-state index contributed by atoms with van der Waals surface area (Å²) in [4.78, 5) is 40.7. The van der Waals surface area contributed by atoms with Gasteiger partial charge in [0.2, 0.25) is 0 Å². The quantitative estimate of drug-likeness (QED) is 0.0187. The Balaban J connectivity index is 1.00. The maximum atomic E-state index is 14.3. The molecule has 21 heteroatoms. The second-order valence-electron chi connectivity index (χ2n) is 35.9. The van der Waals surface area contributed by atoms with E-state index in [1.165, 1.54) is 283 Å². The van der Waals surface area contributed by atoms with E-state index < -0.39 is 141 Å². The van der Waals surface area contributed by atoms with E-state index in [1.807, 2.05) is 13.8 Å². The second-order valence-corrected chi connectivity index (χ2v) is 35.9. The normalized spacial score (nSPS) is 28.6. The Morgan fingerprint density at radius 3 is 1.08 bits per heavy atom. The molecule has 0 aromatic carbocycles. The van der Waals surface area contributed by atoms with Gasteiger partial charge in [0, 0.05) is 31.6 Å². The zero-order valence-electron chi connectivity index (χ0n) is 73.4. The van der Waals surface area contributed by atoms with Gasteiger partial charge in [0.1, 0.15) is 79.9 Å². The lowest BCUT2D eigenvalue weighted by Crippen LogP contribution is -2.65. The maximum absolute atomic E-state index is 14.3. The van der Waals surface area contributed by atoms with Gasteiger partial charge in [0.25, 0.3) is 0 Å². The van der Waals surface area contributed by atoms with E-state index in [1.54, 1.807) is 0 Å². The zero-order chi connectivity index (χ0) is 82.3. The molecule has 0 spiro atoms. The van der Waals surface area contributed by atoms with Crippen LogP contribution in [0.3, 0.4) is 0 Å². The Hall–Kier alpha value is -2.19. The molecule has 6 rings (SSSR count). The van der Waals surface area contributed by atoms with Crippen molar-refractivity contribution in [3.8, 4) is 0 Å². The molecule has 0 aromatic rings. The van der Waals surface area contributed by atoms with E-state index >= 15 is 0 Å². The molecule has 0 aliphatic carbocycles. The highest BCUT2D eigenvalue weighted by Gasteiger charge is 2.60. The lowest BCUT2D eigenvalue weighted by Gasteiger charge is -2.48. The van der Waals surface area contributed by atoms with Crippen molar-refractivity contribution < 1.29 is 102 Å². The number of carbonyl (C=O) groups is 3. The smallest absolute Gasteiger partial charge is 0.306 e. The first-order valence-corrected chi connectivity index (χ1v) is 48.6. The van der Waals surface area contributed by atoms with Gasteiger partial charge in [-0.25, -0.2) is 0 Å². The summed E-state index contributed by atoms with van der Waals surface area (Å²) in [7, 11) is 0. The number of rotatable bonds is 73. The summed E-state index contributed by atoms with van der Waals surface area (Å²) in [5, 5.41) is 70.0. The predicted octanol–water partition coefficient (Wildman–Crippen LogP) is 19.8. The minimum Gasteiger partial charge on any atom is -0.466 e. The number of carbonyl (C=O) groups excluding carboxylic acids is 3. The van der Waals surface area contributed by atoms with Crippen LogP contribution in [0.4, 0.5) is 0 Å². The molecule has 6 aliphatic heterocycles. The summed E-state index contributed by atoms with van der Waals surface area (Å²) in [6.45, 7) is 10.1. The number of hydrogen-bond acceptors (Lipinski definition) is 21. The second kappa shape index (κ2) is 63.7. The summed E-state index contributed by atoms with van der Waals surface area (Å²) >= 11 is 0. The summed E-state index contributed by atoms with van der Waals surface area (Å²) in [6, 6.07) is 0. The lowest BCUT2D eigenvalue weighted by atomic mass is 9.86. The minimum atomic E-state index is -1.78. The van der Waals surface area contributed by atoms with Crippen LogP contribution in [0, 0.1) is 11.8 Å². The van der Waals surface area contributed by atoms with Gasteiger partial charge in [-0.1, -0.05) is 381 Å². The highest BCUT2D eigenvalue weighted by molar-refractivity contribution is 5.70. The molecular weight excluding hydrogens is 1470 g/mol. The van der Waals surface area contributed by atoms with Crippen LogP contribution < -0.4 is 0 Å². The number of hydrogen-bond donors (Lipinski definition) is 6. The van der Waals surface area contributed by atoms with Crippen molar-refractivity contribution in [3.05, 3.63) is 0 Å². The van der Waals surface area contributed by atoms with E-state index in [9.17, 15) is 45.0 Å². The van der Waals surface area contributed by atoms with Crippen molar-refractivity contribution in [2.45, 2.75) is 543 Å². The molecule has 6 heterocycles. The van der Waals surface area contributed by atoms with Crippen molar-refractivity contribution in [1.82, 2.24) is 0 Å². The first kappa shape index (κ1) is 102. The van der Waals surface area contributed by atoms with Crippen LogP contribution in [0.15, 0.2) is 0 Å². The van der Waals surface area contributed by atoms with Crippen LogP contribution in [0.5, 0.6) is 0 Å². The number of fused-ring (bicyclic) bond motifs is 4. The third kappa shape index (κ3) is 40.8. The van der Waals surface area contributed by atoms with Gasteiger partial charge in [-0.05, 0) is 25.2 Å². The summed E-state index contributed by atoms with van der Waals surface area (Å²) in [6.07, 6.45) is 45.7. The van der Waals surface area contributed by atoms with Crippen LogP contribution in [0.2, 0.25) is 0 Å². The topological polar surface area (TPSA) is 283 Å². The fourth-order valence-corrected chi connectivity index (χ4v) is 17.9. The van der Waals surface area contributed by atoms with Crippen molar-refractivity contribution in [3.63, 3.8) is 0 Å². The molecule has 6 fully saturated rings. The van der Waals surface area contributed by atoms with Crippen LogP contribution in [-0.4, -0.2) is 192 Å². The molecule has 0 saturated carbocycles. The molecule has 0 aromatic heterocycles. The number of ether oxygens (including phenoxy) is 12. The predicted molar refractivity (Wildman–Crippen MR) is 450 cm³/mol. The van der Waals surface area contributed by atoms with E-state index in [0.717, 1.165) is 64.2 Å². The lowest BCUT2D eigenvalue weighted by molar-refractivity contribution is -0.372. The Morgan fingerprint density at radius 1 is 0.322 bits per heavy atom. The molecule has 6 N–H and O–H groups in total. The van der Waals surface area contributed by atoms with Gasteiger partial charge in [-0.2, -0.15) is 0 Å². The minimum absolute atomic E-state index is 0.0143. The van der Waals surface area contributed by atoms with Crippen LogP contribution >= 0.6 is 0 Å². The van der Waals surface area contributed by atoms with Gasteiger partial charge in [-0.3, -0.25) is 14.4 Å². The molecule has 20 atom stereocenters. The van der Waals surface area contributed by atoms with Gasteiger partial charge in [-0.15, -0.1) is 0 Å². The van der Waals surface area contributed by atoms with Crippen LogP contribution in [0.25, 0.3) is 0 Å². The molecular formula is C94H172O21. The van der Waals surface area contributed by atoms with E-state index in [2.05, 4.69) is 20.8 Å². The van der Waals surface area contributed by atoms with Crippen LogP contribution in [-0.2, 0) is 71.2 Å². The summed E-state index contributed by atoms with van der Waals surface area (Å²) in [5.74, 6) is -2.03. The molecule has 6 saturated heterocycles.